The van der Waals surface area contributed by atoms with E-state index in [4.69, 9.17) is 16.3 Å². The maximum atomic E-state index is 12.3. The maximum Gasteiger partial charge on any atom is 0.250 e. The highest BCUT2D eigenvalue weighted by Gasteiger charge is 2.13. The highest BCUT2D eigenvalue weighted by Crippen LogP contribution is 2.27. The van der Waals surface area contributed by atoms with Gasteiger partial charge in [-0.3, -0.25) is 10.1 Å². The number of thiazole rings is 1. The summed E-state index contributed by atoms with van der Waals surface area (Å²) >= 11 is 7.44. The quantitative estimate of drug-likeness (QED) is 0.298. The number of rotatable bonds is 7. The summed E-state index contributed by atoms with van der Waals surface area (Å²) in [6, 6.07) is 21.6. The summed E-state index contributed by atoms with van der Waals surface area (Å²) in [7, 11) is 0. The van der Waals surface area contributed by atoms with E-state index in [0.717, 1.165) is 22.4 Å². The number of ether oxygens (including phenoxy) is 1. The van der Waals surface area contributed by atoms with Gasteiger partial charge in [0.05, 0.1) is 12.3 Å². The van der Waals surface area contributed by atoms with Gasteiger partial charge >= 0.3 is 0 Å². The summed E-state index contributed by atoms with van der Waals surface area (Å²) in [6.45, 7) is 0.457. The number of anilines is 1. The minimum absolute atomic E-state index is 0.140. The molecule has 2 aromatic heterocycles. The first-order valence-electron chi connectivity index (χ1n) is 10.2. The standard InChI is InChI=1S/C24H19ClN4O2S/c25-19-10-7-17(8-11-19)21-15-32-24-27-23(28-29(21)24)26-22(30)6-3-13-31-20-12-9-16-4-1-2-5-18(16)14-20/h1-2,4-5,7-12,14-15H,3,6,13H2,(H,26,28,30). The smallest absolute Gasteiger partial charge is 0.250 e. The fraction of sp³-hybridized carbons (Fsp3) is 0.125. The molecule has 5 aromatic rings. The number of fused-ring (bicyclic) bond motifs is 2. The van der Waals surface area contributed by atoms with Crippen molar-refractivity contribution in [2.45, 2.75) is 12.8 Å². The zero-order valence-corrected chi connectivity index (χ0v) is 18.6. The van der Waals surface area contributed by atoms with Gasteiger partial charge in [0.2, 0.25) is 16.8 Å². The number of nitrogens with one attached hydrogen (secondary N) is 1. The molecule has 0 saturated heterocycles. The summed E-state index contributed by atoms with van der Waals surface area (Å²) in [4.78, 5) is 17.4. The molecule has 5 rings (SSSR count). The zero-order chi connectivity index (χ0) is 21.9. The molecule has 32 heavy (non-hydrogen) atoms. The Hall–Kier alpha value is -3.42. The Balaban J connectivity index is 1.16. The zero-order valence-electron chi connectivity index (χ0n) is 17.0. The van der Waals surface area contributed by atoms with E-state index in [1.54, 1.807) is 4.52 Å². The van der Waals surface area contributed by atoms with E-state index in [0.29, 0.717) is 35.4 Å². The average Bonchev–Trinajstić information content (AvgIpc) is 3.37. The third-order valence-electron chi connectivity index (χ3n) is 5.01. The third kappa shape index (κ3) is 4.44. The van der Waals surface area contributed by atoms with Gasteiger partial charge in [-0.1, -0.05) is 54.1 Å². The van der Waals surface area contributed by atoms with Crippen molar-refractivity contribution >= 4 is 50.5 Å². The van der Waals surface area contributed by atoms with Crippen LogP contribution in [0.1, 0.15) is 12.8 Å². The van der Waals surface area contributed by atoms with Gasteiger partial charge in [-0.2, -0.15) is 4.98 Å². The van der Waals surface area contributed by atoms with Gasteiger partial charge in [-0.05, 0) is 41.5 Å². The van der Waals surface area contributed by atoms with Crippen LogP contribution in [0, 0.1) is 0 Å². The second-order valence-electron chi connectivity index (χ2n) is 7.27. The Kier molecular flexibility index (Phi) is 5.75. The molecule has 0 aliphatic carbocycles. The Morgan fingerprint density at radius 2 is 1.88 bits per heavy atom. The van der Waals surface area contributed by atoms with E-state index in [-0.39, 0.29) is 5.91 Å². The molecule has 0 spiro atoms. The average molecular weight is 463 g/mol. The van der Waals surface area contributed by atoms with Crippen LogP contribution in [-0.4, -0.2) is 27.1 Å². The lowest BCUT2D eigenvalue weighted by Crippen LogP contribution is -2.14. The maximum absolute atomic E-state index is 12.3. The molecule has 0 aliphatic rings. The number of benzene rings is 3. The molecule has 0 aliphatic heterocycles. The molecule has 3 aromatic carbocycles. The summed E-state index contributed by atoms with van der Waals surface area (Å²) in [6.07, 6.45) is 0.918. The second kappa shape index (κ2) is 8.98. The highest BCUT2D eigenvalue weighted by atomic mass is 35.5. The molecule has 0 bridgehead atoms. The van der Waals surface area contributed by atoms with Gasteiger partial charge in [0.15, 0.2) is 0 Å². The van der Waals surface area contributed by atoms with E-state index >= 15 is 0 Å². The predicted molar refractivity (Wildman–Crippen MR) is 129 cm³/mol. The Labute approximate surface area is 193 Å². The topological polar surface area (TPSA) is 68.5 Å². The fourth-order valence-corrected chi connectivity index (χ4v) is 4.38. The SMILES string of the molecule is O=C(CCCOc1ccc2ccccc2c1)Nc1nc2scc(-c3ccc(Cl)cc3)n2n1. The molecular weight excluding hydrogens is 444 g/mol. The molecule has 160 valence electrons. The number of carbonyl (C=O) groups is 1. The van der Waals surface area contributed by atoms with Crippen LogP contribution in [0.25, 0.3) is 27.0 Å². The summed E-state index contributed by atoms with van der Waals surface area (Å²) in [5.74, 6) is 0.959. The molecule has 0 unspecified atom stereocenters. The monoisotopic (exact) mass is 462 g/mol. The van der Waals surface area contributed by atoms with Crippen molar-refractivity contribution in [3.05, 3.63) is 77.1 Å². The van der Waals surface area contributed by atoms with E-state index in [1.807, 2.05) is 60.0 Å². The van der Waals surface area contributed by atoms with Crippen LogP contribution in [0.2, 0.25) is 5.02 Å². The third-order valence-corrected chi connectivity index (χ3v) is 6.08. The first-order valence-corrected chi connectivity index (χ1v) is 11.4. The summed E-state index contributed by atoms with van der Waals surface area (Å²) in [5, 5.41) is 12.2. The lowest BCUT2D eigenvalue weighted by molar-refractivity contribution is -0.116. The first kappa shape index (κ1) is 20.5. The lowest BCUT2D eigenvalue weighted by atomic mass is 10.1. The second-order valence-corrected chi connectivity index (χ2v) is 8.54. The minimum Gasteiger partial charge on any atom is -0.494 e. The van der Waals surface area contributed by atoms with Crippen LogP contribution in [0.5, 0.6) is 5.75 Å². The Bertz CT molecular complexity index is 1390. The molecule has 0 saturated carbocycles. The number of hydrogen-bond acceptors (Lipinski definition) is 5. The van der Waals surface area contributed by atoms with Gasteiger partial charge < -0.3 is 4.74 Å². The molecule has 2 heterocycles. The lowest BCUT2D eigenvalue weighted by Gasteiger charge is -2.07. The number of carbonyl (C=O) groups excluding carboxylic acids is 1. The molecule has 0 atom stereocenters. The van der Waals surface area contributed by atoms with Crippen molar-refractivity contribution in [1.29, 1.82) is 0 Å². The van der Waals surface area contributed by atoms with Crippen molar-refractivity contribution in [2.75, 3.05) is 11.9 Å². The molecule has 0 radical (unpaired) electrons. The highest BCUT2D eigenvalue weighted by molar-refractivity contribution is 7.15. The van der Waals surface area contributed by atoms with Gasteiger partial charge in [0.25, 0.3) is 0 Å². The first-order chi connectivity index (χ1) is 15.7. The van der Waals surface area contributed by atoms with E-state index < -0.39 is 0 Å². The number of hydrogen-bond donors (Lipinski definition) is 1. The normalized spacial score (nSPS) is 11.2. The van der Waals surface area contributed by atoms with Crippen molar-refractivity contribution in [3.63, 3.8) is 0 Å². The molecule has 8 heteroatoms. The van der Waals surface area contributed by atoms with Crippen molar-refractivity contribution in [2.24, 2.45) is 0 Å². The van der Waals surface area contributed by atoms with E-state index in [2.05, 4.69) is 27.5 Å². The molecule has 1 N–H and O–H groups in total. The van der Waals surface area contributed by atoms with Gasteiger partial charge in [0.1, 0.15) is 5.75 Å². The molecular formula is C24H19ClN4O2S. The number of amides is 1. The van der Waals surface area contributed by atoms with Crippen LogP contribution in [-0.2, 0) is 4.79 Å². The molecule has 6 nitrogen and oxygen atoms in total. The van der Waals surface area contributed by atoms with Crippen molar-refractivity contribution < 1.29 is 9.53 Å². The Morgan fingerprint density at radius 3 is 2.72 bits per heavy atom. The van der Waals surface area contributed by atoms with E-state index in [1.165, 1.54) is 16.7 Å². The van der Waals surface area contributed by atoms with Crippen LogP contribution in [0.3, 0.4) is 0 Å². The van der Waals surface area contributed by atoms with Gasteiger partial charge in [0, 0.05) is 22.4 Å². The fourth-order valence-electron chi connectivity index (χ4n) is 3.42. The minimum atomic E-state index is -0.140. The predicted octanol–water partition coefficient (Wildman–Crippen LogP) is 6.06. The van der Waals surface area contributed by atoms with E-state index in [9.17, 15) is 4.79 Å². The van der Waals surface area contributed by atoms with Crippen LogP contribution < -0.4 is 10.1 Å². The number of nitrogens with zero attached hydrogens (tertiary/aromatic N) is 3. The summed E-state index contributed by atoms with van der Waals surface area (Å²) in [5.41, 5.74) is 1.88. The number of halogens is 1. The largest absolute Gasteiger partial charge is 0.494 e. The molecule has 1 amide bonds. The van der Waals surface area contributed by atoms with Crippen molar-refractivity contribution in [3.8, 4) is 17.0 Å². The number of aromatic nitrogens is 3. The van der Waals surface area contributed by atoms with Crippen LogP contribution in [0.4, 0.5) is 5.95 Å². The molecule has 0 fully saturated rings. The Morgan fingerprint density at radius 1 is 1.06 bits per heavy atom. The van der Waals surface area contributed by atoms with Gasteiger partial charge in [-0.15, -0.1) is 16.4 Å². The van der Waals surface area contributed by atoms with Crippen molar-refractivity contribution in [1.82, 2.24) is 14.6 Å². The van der Waals surface area contributed by atoms with Crippen LogP contribution >= 0.6 is 22.9 Å². The summed E-state index contributed by atoms with van der Waals surface area (Å²) < 4.78 is 7.53. The van der Waals surface area contributed by atoms with Crippen LogP contribution in [0.15, 0.2) is 72.1 Å². The van der Waals surface area contributed by atoms with Gasteiger partial charge in [-0.25, -0.2) is 4.52 Å².